The summed E-state index contributed by atoms with van der Waals surface area (Å²) in [6.45, 7) is 6.09. The minimum Gasteiger partial charge on any atom is -0.480 e. The van der Waals surface area contributed by atoms with Crippen LogP contribution in [0, 0.1) is 13.8 Å². The number of amides is 1. The van der Waals surface area contributed by atoms with Crippen LogP contribution in [0.5, 0.6) is 5.75 Å². The summed E-state index contributed by atoms with van der Waals surface area (Å²) < 4.78 is 10.2. The minimum atomic E-state index is -1.03. The number of aliphatic carboxylic acids is 1. The number of halogens is 2. The van der Waals surface area contributed by atoms with Gasteiger partial charge in [-0.05, 0) is 56.0 Å². The molecule has 3 aromatic rings. The van der Waals surface area contributed by atoms with E-state index < -0.39 is 12.6 Å². The Morgan fingerprint density at radius 2 is 2.00 bits per heavy atom. The lowest BCUT2D eigenvalue weighted by Crippen LogP contribution is -2.42. The Kier molecular flexibility index (Phi) is 10.4. The Morgan fingerprint density at radius 3 is 2.58 bits per heavy atom. The number of benzene rings is 1. The molecule has 0 bridgehead atoms. The molecule has 1 amide bonds. The number of hydrogen-bond donors (Lipinski definition) is 1. The van der Waals surface area contributed by atoms with Crippen LogP contribution in [0.1, 0.15) is 17.4 Å². The molecule has 0 fully saturated rings. The quantitative estimate of drug-likeness (QED) is 0.410. The molecule has 1 aromatic carbocycles. The molecule has 2 heterocycles. The second-order valence-electron chi connectivity index (χ2n) is 7.15. The highest BCUT2D eigenvalue weighted by Gasteiger charge is 2.25. The number of pyridine rings is 1. The second kappa shape index (κ2) is 12.7. The fourth-order valence-corrected chi connectivity index (χ4v) is 4.45. The van der Waals surface area contributed by atoms with Gasteiger partial charge in [-0.2, -0.15) is 0 Å². The molecule has 33 heavy (non-hydrogen) atoms. The molecule has 0 aliphatic carbocycles. The SMILES string of the molecule is COC[C@H](C)N(C(=O)CCl)c1c(C)csc1C.O=C(O)COc1ccc(Cl)c2cccnc12. The van der Waals surface area contributed by atoms with E-state index in [0.717, 1.165) is 21.5 Å². The van der Waals surface area contributed by atoms with Gasteiger partial charge >= 0.3 is 5.97 Å². The van der Waals surface area contributed by atoms with Crippen LogP contribution in [0.15, 0.2) is 35.8 Å². The van der Waals surface area contributed by atoms with E-state index >= 15 is 0 Å². The molecule has 1 N–H and O–H groups in total. The molecular weight excluding hydrogens is 487 g/mol. The monoisotopic (exact) mass is 512 g/mol. The van der Waals surface area contributed by atoms with Crippen LogP contribution in [-0.2, 0) is 14.3 Å². The molecule has 0 radical (unpaired) electrons. The van der Waals surface area contributed by atoms with Crippen molar-refractivity contribution in [2.45, 2.75) is 26.8 Å². The minimum absolute atomic E-state index is 0.0111. The Hall–Kier alpha value is -2.39. The molecule has 7 nitrogen and oxygen atoms in total. The largest absolute Gasteiger partial charge is 0.480 e. The van der Waals surface area contributed by atoms with Crippen molar-refractivity contribution >= 4 is 63.0 Å². The van der Waals surface area contributed by atoms with Crippen molar-refractivity contribution in [3.8, 4) is 5.75 Å². The maximum atomic E-state index is 12.0. The number of methoxy groups -OCH3 is 1. The lowest BCUT2D eigenvalue weighted by atomic mass is 10.2. The predicted octanol–water partition coefficient (Wildman–Crippen LogP) is 5.32. The first-order valence-corrected chi connectivity index (χ1v) is 11.8. The molecule has 1 atom stereocenters. The molecule has 2 aromatic heterocycles. The van der Waals surface area contributed by atoms with Crippen molar-refractivity contribution in [1.82, 2.24) is 4.98 Å². The number of carboxylic acid groups (broad SMARTS) is 1. The molecular formula is C23H26Cl2N2O5S. The van der Waals surface area contributed by atoms with Gasteiger partial charge in [-0.1, -0.05) is 11.6 Å². The summed E-state index contributed by atoms with van der Waals surface area (Å²) >= 11 is 13.3. The zero-order chi connectivity index (χ0) is 24.5. The third-order valence-corrected chi connectivity index (χ3v) is 6.20. The molecule has 10 heteroatoms. The molecule has 0 aliphatic rings. The van der Waals surface area contributed by atoms with Gasteiger partial charge < -0.3 is 19.5 Å². The summed E-state index contributed by atoms with van der Waals surface area (Å²) in [6, 6.07) is 6.81. The van der Waals surface area contributed by atoms with Gasteiger partial charge in [-0.15, -0.1) is 22.9 Å². The van der Waals surface area contributed by atoms with Crippen molar-refractivity contribution in [2.24, 2.45) is 0 Å². The van der Waals surface area contributed by atoms with E-state index in [2.05, 4.69) is 10.4 Å². The van der Waals surface area contributed by atoms with Crippen molar-refractivity contribution in [2.75, 3.05) is 31.1 Å². The lowest BCUT2D eigenvalue weighted by Gasteiger charge is -2.29. The molecule has 0 saturated heterocycles. The average Bonchev–Trinajstić information content (AvgIpc) is 3.12. The van der Waals surface area contributed by atoms with Crippen molar-refractivity contribution < 1.29 is 24.2 Å². The summed E-state index contributed by atoms with van der Waals surface area (Å²) in [7, 11) is 1.63. The molecule has 0 unspecified atom stereocenters. The van der Waals surface area contributed by atoms with Gasteiger partial charge in [0.25, 0.3) is 0 Å². The molecule has 0 spiro atoms. The van der Waals surface area contributed by atoms with Gasteiger partial charge in [-0.25, -0.2) is 4.79 Å². The number of rotatable bonds is 8. The van der Waals surface area contributed by atoms with E-state index in [1.54, 1.807) is 53.8 Å². The Labute approximate surface area is 206 Å². The third-order valence-electron chi connectivity index (χ3n) is 4.62. The summed E-state index contributed by atoms with van der Waals surface area (Å²) in [5, 5.41) is 11.9. The van der Waals surface area contributed by atoms with Crippen LogP contribution in [-0.4, -0.2) is 54.2 Å². The standard InChI is InChI=1S/C12H18ClNO2S.C11H8ClNO3/c1-8-7-17-10(3)12(8)14(11(15)5-13)9(2)6-16-4;12-8-3-4-9(16-6-10(14)15)11-7(8)2-1-5-13-11/h7,9H,5-6H2,1-4H3;1-5H,6H2,(H,14,15)/t9-;/m0./s1. The van der Waals surface area contributed by atoms with E-state index in [1.165, 1.54) is 0 Å². The normalized spacial score (nSPS) is 11.5. The number of carboxylic acids is 1. The zero-order valence-electron chi connectivity index (χ0n) is 18.8. The van der Waals surface area contributed by atoms with E-state index in [-0.39, 0.29) is 17.8 Å². The van der Waals surface area contributed by atoms with Gasteiger partial charge in [-0.3, -0.25) is 9.78 Å². The Morgan fingerprint density at radius 1 is 1.27 bits per heavy atom. The van der Waals surface area contributed by atoms with Crippen LogP contribution in [0.2, 0.25) is 5.02 Å². The number of aromatic nitrogens is 1. The summed E-state index contributed by atoms with van der Waals surface area (Å²) in [5.74, 6) is -0.703. The van der Waals surface area contributed by atoms with Crippen LogP contribution < -0.4 is 9.64 Å². The summed E-state index contributed by atoms with van der Waals surface area (Å²) in [6.07, 6.45) is 1.60. The number of fused-ring (bicyclic) bond motifs is 1. The predicted molar refractivity (Wildman–Crippen MR) is 133 cm³/mol. The van der Waals surface area contributed by atoms with E-state index in [9.17, 15) is 9.59 Å². The van der Waals surface area contributed by atoms with Gasteiger partial charge in [0.2, 0.25) is 5.91 Å². The van der Waals surface area contributed by atoms with Crippen LogP contribution in [0.25, 0.3) is 10.9 Å². The number of alkyl halides is 1. The molecule has 3 rings (SSSR count). The highest BCUT2D eigenvalue weighted by atomic mass is 35.5. The van der Waals surface area contributed by atoms with Crippen molar-refractivity contribution in [3.05, 3.63) is 51.3 Å². The van der Waals surface area contributed by atoms with E-state index in [4.69, 9.17) is 37.8 Å². The number of hydrogen-bond acceptors (Lipinski definition) is 6. The first-order valence-electron chi connectivity index (χ1n) is 10.0. The van der Waals surface area contributed by atoms with Crippen molar-refractivity contribution in [3.63, 3.8) is 0 Å². The van der Waals surface area contributed by atoms with Gasteiger partial charge in [0.15, 0.2) is 6.61 Å². The average molecular weight is 513 g/mol. The Bertz CT molecular complexity index is 1090. The Balaban J connectivity index is 0.000000234. The highest BCUT2D eigenvalue weighted by molar-refractivity contribution is 7.10. The zero-order valence-corrected chi connectivity index (χ0v) is 21.1. The van der Waals surface area contributed by atoms with Crippen LogP contribution >= 0.6 is 34.5 Å². The number of anilines is 1. The maximum absolute atomic E-state index is 12.0. The van der Waals surface area contributed by atoms with Gasteiger partial charge in [0.05, 0.1) is 23.4 Å². The molecule has 178 valence electrons. The number of carbonyl (C=O) groups is 2. The van der Waals surface area contributed by atoms with Crippen LogP contribution in [0.3, 0.4) is 0 Å². The topological polar surface area (TPSA) is 89.0 Å². The fraction of sp³-hybridized carbons (Fsp3) is 0.348. The highest BCUT2D eigenvalue weighted by Crippen LogP contribution is 2.32. The number of thiophene rings is 1. The first-order chi connectivity index (χ1) is 15.7. The van der Waals surface area contributed by atoms with Gasteiger partial charge in [0.1, 0.15) is 17.1 Å². The fourth-order valence-electron chi connectivity index (χ4n) is 3.26. The lowest BCUT2D eigenvalue weighted by molar-refractivity contribution is -0.139. The second-order valence-corrected chi connectivity index (χ2v) is 8.91. The summed E-state index contributed by atoms with van der Waals surface area (Å²) in [4.78, 5) is 29.4. The molecule has 0 aliphatic heterocycles. The smallest absolute Gasteiger partial charge is 0.341 e. The maximum Gasteiger partial charge on any atom is 0.341 e. The van der Waals surface area contributed by atoms with Gasteiger partial charge in [0, 0.05) is 23.6 Å². The summed E-state index contributed by atoms with van der Waals surface area (Å²) in [5.41, 5.74) is 2.65. The number of carbonyl (C=O) groups excluding carboxylic acids is 1. The van der Waals surface area contributed by atoms with Crippen LogP contribution in [0.4, 0.5) is 5.69 Å². The molecule has 0 saturated carbocycles. The number of aryl methyl sites for hydroxylation is 2. The van der Waals surface area contributed by atoms with Crippen molar-refractivity contribution in [1.29, 1.82) is 0 Å². The number of nitrogens with zero attached hydrogens (tertiary/aromatic N) is 2. The third kappa shape index (κ3) is 7.04. The first kappa shape index (κ1) is 26.9. The van der Waals surface area contributed by atoms with E-state index in [0.29, 0.717) is 22.9 Å². The van der Waals surface area contributed by atoms with E-state index in [1.807, 2.05) is 20.8 Å². The number of ether oxygens (including phenoxy) is 2.